The maximum Gasteiger partial charge on any atom is 0.224 e. The number of hydrogen-bond donors (Lipinski definition) is 2. The summed E-state index contributed by atoms with van der Waals surface area (Å²) in [4.78, 5) is 13.4. The third kappa shape index (κ3) is 5.88. The van der Waals surface area contributed by atoms with E-state index in [2.05, 4.69) is 83.5 Å². The first-order valence-electron chi connectivity index (χ1n) is 9.37. The molecule has 0 aliphatic rings. The van der Waals surface area contributed by atoms with Gasteiger partial charge in [-0.05, 0) is 77.7 Å². The van der Waals surface area contributed by atoms with Crippen LogP contribution in [0.1, 0.15) is 25.8 Å². The van der Waals surface area contributed by atoms with E-state index in [4.69, 9.17) is 0 Å². The molecule has 0 radical (unpaired) electrons. The molecule has 0 aliphatic heterocycles. The van der Waals surface area contributed by atoms with Crippen LogP contribution in [0.4, 0.5) is 23.1 Å². The predicted octanol–water partition coefficient (Wildman–Crippen LogP) is 3.74. The van der Waals surface area contributed by atoms with Crippen LogP contribution in [0.2, 0.25) is 0 Å². The van der Waals surface area contributed by atoms with Gasteiger partial charge >= 0.3 is 0 Å². The Balaban J connectivity index is 2.01. The van der Waals surface area contributed by atoms with Crippen LogP contribution >= 0.6 is 0 Å². The number of aromatic nitrogens is 2. The minimum Gasteiger partial charge on any atom is -0.372 e. The molecular formula is C20H32N6. The molecule has 2 rings (SSSR count). The van der Waals surface area contributed by atoms with Crippen molar-refractivity contribution in [3.63, 3.8) is 0 Å². The molecule has 1 heterocycles. The van der Waals surface area contributed by atoms with Crippen LogP contribution in [0, 0.1) is 6.92 Å². The molecular weight excluding hydrogens is 324 g/mol. The number of anilines is 4. The first-order valence-corrected chi connectivity index (χ1v) is 9.37. The zero-order valence-electron chi connectivity index (χ0n) is 16.7. The molecule has 2 aromatic rings. The quantitative estimate of drug-likeness (QED) is 0.633. The lowest BCUT2D eigenvalue weighted by molar-refractivity contribution is 0.405. The highest BCUT2D eigenvalue weighted by molar-refractivity contribution is 5.65. The number of nitrogens with one attached hydrogen (secondary N) is 2. The van der Waals surface area contributed by atoms with E-state index in [9.17, 15) is 0 Å². The Labute approximate surface area is 157 Å². The van der Waals surface area contributed by atoms with Gasteiger partial charge in [0.15, 0.2) is 0 Å². The number of hydrogen-bond acceptors (Lipinski definition) is 6. The maximum atomic E-state index is 4.56. The molecule has 0 amide bonds. The van der Waals surface area contributed by atoms with Gasteiger partial charge in [0.25, 0.3) is 0 Å². The molecule has 1 aromatic heterocycles. The van der Waals surface area contributed by atoms with Crippen molar-refractivity contribution in [1.82, 2.24) is 14.9 Å². The summed E-state index contributed by atoms with van der Waals surface area (Å²) in [5.74, 6) is 1.46. The smallest absolute Gasteiger partial charge is 0.224 e. The Morgan fingerprint density at radius 2 is 1.85 bits per heavy atom. The van der Waals surface area contributed by atoms with Gasteiger partial charge in [-0.2, -0.15) is 4.98 Å². The Bertz CT molecular complexity index is 682. The van der Waals surface area contributed by atoms with E-state index in [1.165, 1.54) is 11.3 Å². The highest BCUT2D eigenvalue weighted by Crippen LogP contribution is 2.25. The van der Waals surface area contributed by atoms with Crippen LogP contribution in [-0.2, 0) is 0 Å². The van der Waals surface area contributed by atoms with E-state index in [0.29, 0.717) is 5.95 Å². The molecule has 0 fully saturated rings. The van der Waals surface area contributed by atoms with Crippen molar-refractivity contribution in [2.24, 2.45) is 0 Å². The molecule has 142 valence electrons. The van der Waals surface area contributed by atoms with Crippen molar-refractivity contribution < 1.29 is 0 Å². The summed E-state index contributed by atoms with van der Waals surface area (Å²) < 4.78 is 0. The van der Waals surface area contributed by atoms with E-state index in [0.717, 1.165) is 44.1 Å². The Kier molecular flexibility index (Phi) is 7.66. The fourth-order valence-electron chi connectivity index (χ4n) is 2.82. The van der Waals surface area contributed by atoms with Gasteiger partial charge in [0, 0.05) is 37.2 Å². The Hall–Kier alpha value is -2.34. The van der Waals surface area contributed by atoms with Crippen LogP contribution in [0.15, 0.2) is 30.5 Å². The molecule has 0 unspecified atom stereocenters. The standard InChI is InChI=1S/C20H32N6/c1-6-26(7-2)17-9-10-18(16(3)15-17)23-19-11-13-22-20(24-19)21-12-8-14-25(4)5/h9-11,13,15H,6-8,12,14H2,1-5H3,(H2,21,22,23,24). The zero-order chi connectivity index (χ0) is 18.9. The molecule has 0 saturated carbocycles. The molecule has 1 aromatic carbocycles. The molecule has 2 N–H and O–H groups in total. The summed E-state index contributed by atoms with van der Waals surface area (Å²) in [7, 11) is 4.16. The minimum absolute atomic E-state index is 0.658. The molecule has 0 aliphatic carbocycles. The molecule has 6 nitrogen and oxygen atoms in total. The Morgan fingerprint density at radius 1 is 1.08 bits per heavy atom. The van der Waals surface area contributed by atoms with Crippen LogP contribution in [0.5, 0.6) is 0 Å². The summed E-state index contributed by atoms with van der Waals surface area (Å²) in [6.45, 7) is 10.4. The van der Waals surface area contributed by atoms with Gasteiger partial charge in [-0.15, -0.1) is 0 Å². The van der Waals surface area contributed by atoms with Crippen LogP contribution in [-0.4, -0.2) is 55.1 Å². The zero-order valence-corrected chi connectivity index (χ0v) is 16.7. The van der Waals surface area contributed by atoms with Gasteiger partial charge in [0.2, 0.25) is 5.95 Å². The van der Waals surface area contributed by atoms with Gasteiger partial charge in [0.1, 0.15) is 5.82 Å². The van der Waals surface area contributed by atoms with E-state index in [1.54, 1.807) is 6.20 Å². The summed E-state index contributed by atoms with van der Waals surface area (Å²) in [5, 5.41) is 6.69. The molecule has 0 saturated heterocycles. The van der Waals surface area contributed by atoms with Crippen LogP contribution in [0.3, 0.4) is 0 Å². The van der Waals surface area contributed by atoms with E-state index >= 15 is 0 Å². The summed E-state index contributed by atoms with van der Waals surface area (Å²) in [5.41, 5.74) is 3.52. The third-order valence-corrected chi connectivity index (χ3v) is 4.32. The van der Waals surface area contributed by atoms with Crippen LogP contribution in [0.25, 0.3) is 0 Å². The summed E-state index contributed by atoms with van der Waals surface area (Å²) in [6, 6.07) is 8.39. The lowest BCUT2D eigenvalue weighted by Crippen LogP contribution is -2.21. The van der Waals surface area contributed by atoms with Crippen molar-refractivity contribution >= 4 is 23.1 Å². The first kappa shape index (κ1) is 20.0. The lowest BCUT2D eigenvalue weighted by Gasteiger charge is -2.22. The second kappa shape index (κ2) is 9.97. The highest BCUT2D eigenvalue weighted by Gasteiger charge is 2.06. The van der Waals surface area contributed by atoms with Gasteiger partial charge in [-0.25, -0.2) is 4.98 Å². The first-order chi connectivity index (χ1) is 12.5. The summed E-state index contributed by atoms with van der Waals surface area (Å²) in [6.07, 6.45) is 2.84. The van der Waals surface area contributed by atoms with E-state index < -0.39 is 0 Å². The molecule has 0 atom stereocenters. The molecule has 0 bridgehead atoms. The average Bonchev–Trinajstić information content (AvgIpc) is 2.62. The second-order valence-corrected chi connectivity index (χ2v) is 6.65. The Morgan fingerprint density at radius 3 is 2.50 bits per heavy atom. The SMILES string of the molecule is CCN(CC)c1ccc(Nc2ccnc(NCCCN(C)C)n2)c(C)c1. The molecule has 26 heavy (non-hydrogen) atoms. The fourth-order valence-corrected chi connectivity index (χ4v) is 2.82. The van der Waals surface area contributed by atoms with Gasteiger partial charge in [-0.1, -0.05) is 0 Å². The van der Waals surface area contributed by atoms with Crippen molar-refractivity contribution in [1.29, 1.82) is 0 Å². The predicted molar refractivity (Wildman–Crippen MR) is 112 cm³/mol. The largest absolute Gasteiger partial charge is 0.372 e. The lowest BCUT2D eigenvalue weighted by atomic mass is 10.1. The number of benzene rings is 1. The van der Waals surface area contributed by atoms with E-state index in [1.807, 2.05) is 6.07 Å². The third-order valence-electron chi connectivity index (χ3n) is 4.32. The number of nitrogens with zero attached hydrogens (tertiary/aromatic N) is 4. The monoisotopic (exact) mass is 356 g/mol. The van der Waals surface area contributed by atoms with Gasteiger partial charge in [0.05, 0.1) is 0 Å². The van der Waals surface area contributed by atoms with Gasteiger partial charge < -0.3 is 20.4 Å². The summed E-state index contributed by atoms with van der Waals surface area (Å²) >= 11 is 0. The average molecular weight is 357 g/mol. The van der Waals surface area contributed by atoms with Crippen LogP contribution < -0.4 is 15.5 Å². The molecule has 0 spiro atoms. The van der Waals surface area contributed by atoms with Crippen molar-refractivity contribution in [2.75, 3.05) is 55.8 Å². The van der Waals surface area contributed by atoms with Crippen molar-refractivity contribution in [3.05, 3.63) is 36.0 Å². The second-order valence-electron chi connectivity index (χ2n) is 6.65. The minimum atomic E-state index is 0.658. The van der Waals surface area contributed by atoms with Crippen molar-refractivity contribution in [2.45, 2.75) is 27.2 Å². The van der Waals surface area contributed by atoms with Gasteiger partial charge in [-0.3, -0.25) is 0 Å². The van der Waals surface area contributed by atoms with Crippen molar-refractivity contribution in [3.8, 4) is 0 Å². The fraction of sp³-hybridized carbons (Fsp3) is 0.500. The van der Waals surface area contributed by atoms with E-state index in [-0.39, 0.29) is 0 Å². The maximum absolute atomic E-state index is 4.56. The number of rotatable bonds is 10. The normalized spacial score (nSPS) is 10.8. The number of aryl methyl sites for hydroxylation is 1. The molecule has 6 heteroatoms. The highest BCUT2D eigenvalue weighted by atomic mass is 15.1. The topological polar surface area (TPSA) is 56.3 Å².